The number of nitrogens with zero attached hydrogens (tertiary/aromatic N) is 2. The first-order valence-corrected chi connectivity index (χ1v) is 5.45. The molecule has 2 aromatic rings. The minimum Gasteiger partial charge on any atom is -0.484 e. The number of halogens is 3. The summed E-state index contributed by atoms with van der Waals surface area (Å²) in [6.07, 6.45) is 2.86. The van der Waals surface area contributed by atoms with Gasteiger partial charge in [-0.2, -0.15) is 0 Å². The molecule has 2 rings (SSSR count). The van der Waals surface area contributed by atoms with Crippen molar-refractivity contribution >= 4 is 23.2 Å². The highest BCUT2D eigenvalue weighted by Gasteiger charge is 2.07. The van der Waals surface area contributed by atoms with Crippen molar-refractivity contribution < 1.29 is 9.13 Å². The average molecular weight is 273 g/mol. The monoisotopic (exact) mass is 272 g/mol. The van der Waals surface area contributed by atoms with Gasteiger partial charge in [-0.3, -0.25) is 4.98 Å². The summed E-state index contributed by atoms with van der Waals surface area (Å²) >= 11 is 11.2. The van der Waals surface area contributed by atoms with E-state index in [-0.39, 0.29) is 17.4 Å². The Hall–Kier alpha value is -1.39. The molecule has 17 heavy (non-hydrogen) atoms. The summed E-state index contributed by atoms with van der Waals surface area (Å²) in [5.41, 5.74) is 0.550. The number of hydrogen-bond acceptors (Lipinski definition) is 3. The Morgan fingerprint density at radius 2 is 2.00 bits per heavy atom. The second kappa shape index (κ2) is 5.29. The molecule has 1 heterocycles. The average Bonchev–Trinajstić information content (AvgIpc) is 2.33. The number of rotatable bonds is 3. The number of ether oxygens (including phenoxy) is 1. The van der Waals surface area contributed by atoms with E-state index in [2.05, 4.69) is 9.97 Å². The van der Waals surface area contributed by atoms with Crippen LogP contribution in [0.25, 0.3) is 0 Å². The van der Waals surface area contributed by atoms with Crippen LogP contribution in [0.2, 0.25) is 10.2 Å². The smallest absolute Gasteiger partial charge is 0.183 e. The normalized spacial score (nSPS) is 10.3. The van der Waals surface area contributed by atoms with E-state index in [1.807, 2.05) is 0 Å². The standard InChI is InChI=1S/C11H7Cl2FN2O/c12-8-2-1-3-9(11(8)14)17-6-7-4-16-10(13)5-15-7/h1-5H,6H2. The van der Waals surface area contributed by atoms with Crippen molar-refractivity contribution in [2.24, 2.45) is 0 Å². The number of aromatic nitrogens is 2. The van der Waals surface area contributed by atoms with Gasteiger partial charge in [0.1, 0.15) is 11.8 Å². The van der Waals surface area contributed by atoms with Crippen LogP contribution in [0.15, 0.2) is 30.6 Å². The molecule has 1 aromatic carbocycles. The maximum atomic E-state index is 13.5. The third kappa shape index (κ3) is 3.05. The Labute approximate surface area is 107 Å². The zero-order valence-electron chi connectivity index (χ0n) is 8.53. The predicted molar refractivity (Wildman–Crippen MR) is 62.8 cm³/mol. The zero-order chi connectivity index (χ0) is 12.3. The second-order valence-corrected chi connectivity index (χ2v) is 3.97. The summed E-state index contributed by atoms with van der Waals surface area (Å²) in [6, 6.07) is 4.55. The van der Waals surface area contributed by atoms with Gasteiger partial charge in [0, 0.05) is 0 Å². The van der Waals surface area contributed by atoms with Crippen molar-refractivity contribution in [3.05, 3.63) is 52.3 Å². The fourth-order valence-electron chi connectivity index (χ4n) is 1.16. The zero-order valence-corrected chi connectivity index (χ0v) is 10.0. The fraction of sp³-hybridized carbons (Fsp3) is 0.0909. The van der Waals surface area contributed by atoms with Crippen LogP contribution in [0.4, 0.5) is 4.39 Å². The van der Waals surface area contributed by atoms with Crippen LogP contribution in [0, 0.1) is 5.82 Å². The minimum absolute atomic E-state index is 0.0182. The first-order chi connectivity index (χ1) is 8.16. The van der Waals surface area contributed by atoms with Crippen LogP contribution in [0.1, 0.15) is 5.69 Å². The maximum absolute atomic E-state index is 13.5. The highest BCUT2D eigenvalue weighted by Crippen LogP contribution is 2.24. The third-order valence-corrected chi connectivity index (χ3v) is 2.45. The summed E-state index contributed by atoms with van der Waals surface area (Å²) < 4.78 is 18.7. The fourth-order valence-corrected chi connectivity index (χ4v) is 1.42. The molecule has 0 bridgehead atoms. The molecule has 0 radical (unpaired) electrons. The van der Waals surface area contributed by atoms with Crippen LogP contribution >= 0.6 is 23.2 Å². The van der Waals surface area contributed by atoms with E-state index in [9.17, 15) is 4.39 Å². The molecule has 0 spiro atoms. The minimum atomic E-state index is -0.587. The Bertz CT molecular complexity index is 519. The lowest BCUT2D eigenvalue weighted by atomic mass is 10.3. The van der Waals surface area contributed by atoms with Crippen molar-refractivity contribution in [3.63, 3.8) is 0 Å². The van der Waals surface area contributed by atoms with Crippen LogP contribution in [0.5, 0.6) is 5.75 Å². The Kier molecular flexibility index (Phi) is 3.76. The first-order valence-electron chi connectivity index (χ1n) is 4.70. The van der Waals surface area contributed by atoms with Gasteiger partial charge in [-0.25, -0.2) is 9.37 Å². The molecule has 88 valence electrons. The Balaban J connectivity index is 2.07. The first kappa shape index (κ1) is 12.1. The van der Waals surface area contributed by atoms with Crippen LogP contribution < -0.4 is 4.74 Å². The molecule has 0 aliphatic rings. The van der Waals surface area contributed by atoms with E-state index in [0.717, 1.165) is 0 Å². The highest BCUT2D eigenvalue weighted by atomic mass is 35.5. The summed E-state index contributed by atoms with van der Waals surface area (Å²) in [4.78, 5) is 7.81. The van der Waals surface area contributed by atoms with E-state index in [4.69, 9.17) is 27.9 Å². The molecule has 0 atom stereocenters. The topological polar surface area (TPSA) is 35.0 Å². The molecule has 0 N–H and O–H groups in total. The van der Waals surface area contributed by atoms with Crippen molar-refractivity contribution in [2.45, 2.75) is 6.61 Å². The van der Waals surface area contributed by atoms with Crippen molar-refractivity contribution in [2.75, 3.05) is 0 Å². The Morgan fingerprint density at radius 3 is 2.71 bits per heavy atom. The lowest BCUT2D eigenvalue weighted by Gasteiger charge is -2.07. The van der Waals surface area contributed by atoms with E-state index < -0.39 is 5.82 Å². The molecule has 0 fully saturated rings. The number of hydrogen-bond donors (Lipinski definition) is 0. The van der Waals surface area contributed by atoms with Crippen molar-refractivity contribution in [3.8, 4) is 5.75 Å². The Morgan fingerprint density at radius 1 is 1.18 bits per heavy atom. The molecule has 0 unspecified atom stereocenters. The summed E-state index contributed by atoms with van der Waals surface area (Å²) in [5, 5.41) is 0.312. The van der Waals surface area contributed by atoms with Gasteiger partial charge in [0.05, 0.1) is 23.1 Å². The van der Waals surface area contributed by atoms with E-state index >= 15 is 0 Å². The van der Waals surface area contributed by atoms with Gasteiger partial charge in [-0.15, -0.1) is 0 Å². The lowest BCUT2D eigenvalue weighted by Crippen LogP contribution is -2.00. The molecule has 0 aliphatic carbocycles. The SMILES string of the molecule is Fc1c(Cl)cccc1OCc1cnc(Cl)cn1. The van der Waals surface area contributed by atoms with Gasteiger partial charge >= 0.3 is 0 Å². The maximum Gasteiger partial charge on any atom is 0.183 e. The molecule has 0 amide bonds. The van der Waals surface area contributed by atoms with Gasteiger partial charge in [0.15, 0.2) is 11.6 Å². The molecular formula is C11H7Cl2FN2O. The van der Waals surface area contributed by atoms with Gasteiger partial charge in [-0.1, -0.05) is 29.3 Å². The molecule has 3 nitrogen and oxygen atoms in total. The van der Waals surface area contributed by atoms with E-state index in [1.165, 1.54) is 24.5 Å². The third-order valence-electron chi connectivity index (χ3n) is 1.97. The quantitative estimate of drug-likeness (QED) is 0.858. The van der Waals surface area contributed by atoms with Crippen LogP contribution in [-0.4, -0.2) is 9.97 Å². The van der Waals surface area contributed by atoms with Gasteiger partial charge in [-0.05, 0) is 12.1 Å². The summed E-state index contributed by atoms with van der Waals surface area (Å²) in [6.45, 7) is 0.0986. The molecule has 0 aliphatic heterocycles. The van der Waals surface area contributed by atoms with E-state index in [1.54, 1.807) is 6.07 Å². The molecule has 0 saturated carbocycles. The molecular weight excluding hydrogens is 266 g/mol. The predicted octanol–water partition coefficient (Wildman–Crippen LogP) is 3.50. The number of benzene rings is 1. The summed E-state index contributed by atoms with van der Waals surface area (Å²) in [5.74, 6) is -0.509. The van der Waals surface area contributed by atoms with Gasteiger partial charge < -0.3 is 4.74 Å². The summed E-state index contributed by atoms with van der Waals surface area (Å²) in [7, 11) is 0. The van der Waals surface area contributed by atoms with Crippen LogP contribution in [0.3, 0.4) is 0 Å². The van der Waals surface area contributed by atoms with Gasteiger partial charge in [0.25, 0.3) is 0 Å². The molecule has 1 aromatic heterocycles. The highest BCUT2D eigenvalue weighted by molar-refractivity contribution is 6.30. The second-order valence-electron chi connectivity index (χ2n) is 3.17. The van der Waals surface area contributed by atoms with Crippen LogP contribution in [-0.2, 0) is 6.61 Å². The molecule has 6 heteroatoms. The van der Waals surface area contributed by atoms with E-state index in [0.29, 0.717) is 10.8 Å². The largest absolute Gasteiger partial charge is 0.484 e. The van der Waals surface area contributed by atoms with Crippen molar-refractivity contribution in [1.29, 1.82) is 0 Å². The van der Waals surface area contributed by atoms with Gasteiger partial charge in [0.2, 0.25) is 0 Å². The lowest BCUT2D eigenvalue weighted by molar-refractivity contribution is 0.285. The van der Waals surface area contributed by atoms with Crippen molar-refractivity contribution in [1.82, 2.24) is 9.97 Å². The molecule has 0 saturated heterocycles.